The van der Waals surface area contributed by atoms with Crippen LogP contribution in [0, 0.1) is 5.82 Å². The van der Waals surface area contributed by atoms with Gasteiger partial charge in [-0.3, -0.25) is 9.59 Å². The highest BCUT2D eigenvalue weighted by atomic mass is 32.1. The second-order valence-electron chi connectivity index (χ2n) is 4.19. The van der Waals surface area contributed by atoms with Gasteiger partial charge in [0, 0.05) is 12.7 Å². The molecule has 2 aromatic rings. The van der Waals surface area contributed by atoms with Gasteiger partial charge in [-0.05, 0) is 35.7 Å². The minimum Gasteiger partial charge on any atom is -0.332 e. The molecule has 1 aromatic carbocycles. The lowest BCUT2D eigenvalue weighted by Crippen LogP contribution is -2.34. The number of halogens is 1. The minimum absolute atomic E-state index is 0.0614. The van der Waals surface area contributed by atoms with Crippen LogP contribution in [0.5, 0.6) is 0 Å². The first-order valence-corrected chi connectivity index (χ1v) is 6.78. The van der Waals surface area contributed by atoms with Crippen LogP contribution in [0.2, 0.25) is 0 Å². The predicted molar refractivity (Wildman–Crippen MR) is 76.3 cm³/mol. The summed E-state index contributed by atoms with van der Waals surface area (Å²) in [6, 6.07) is 8.95. The summed E-state index contributed by atoms with van der Waals surface area (Å²) >= 11 is 1.33. The third-order valence-electron chi connectivity index (χ3n) is 2.59. The maximum atomic E-state index is 12.7. The third-order valence-corrected chi connectivity index (χ3v) is 3.45. The highest BCUT2D eigenvalue weighted by molar-refractivity contribution is 7.12. The Morgan fingerprint density at radius 3 is 2.55 bits per heavy atom. The molecule has 2 amide bonds. The second kappa shape index (κ2) is 6.29. The Balaban J connectivity index is 1.91. The van der Waals surface area contributed by atoms with E-state index in [2.05, 4.69) is 5.32 Å². The van der Waals surface area contributed by atoms with Crippen molar-refractivity contribution < 1.29 is 14.0 Å². The van der Waals surface area contributed by atoms with E-state index in [1.54, 1.807) is 24.6 Å². The van der Waals surface area contributed by atoms with E-state index in [1.165, 1.54) is 40.5 Å². The maximum absolute atomic E-state index is 12.7. The van der Waals surface area contributed by atoms with Crippen LogP contribution in [0.15, 0.2) is 41.8 Å². The Morgan fingerprint density at radius 1 is 1.25 bits per heavy atom. The molecular formula is C14H13FN2O2S. The molecule has 0 fully saturated rings. The van der Waals surface area contributed by atoms with E-state index in [-0.39, 0.29) is 24.2 Å². The molecule has 0 bridgehead atoms. The molecule has 1 heterocycles. The van der Waals surface area contributed by atoms with Crippen molar-refractivity contribution in [2.75, 3.05) is 18.9 Å². The molecular weight excluding hydrogens is 279 g/mol. The van der Waals surface area contributed by atoms with Gasteiger partial charge in [-0.2, -0.15) is 0 Å². The number of carbonyl (C=O) groups excluding carboxylic acids is 2. The van der Waals surface area contributed by atoms with Crippen molar-refractivity contribution in [3.8, 4) is 0 Å². The van der Waals surface area contributed by atoms with Gasteiger partial charge in [-0.25, -0.2) is 4.39 Å². The molecule has 6 heteroatoms. The monoisotopic (exact) mass is 292 g/mol. The van der Waals surface area contributed by atoms with E-state index in [1.807, 2.05) is 0 Å². The van der Waals surface area contributed by atoms with Crippen molar-refractivity contribution in [3.05, 3.63) is 52.5 Å². The van der Waals surface area contributed by atoms with Crippen LogP contribution >= 0.6 is 11.3 Å². The van der Waals surface area contributed by atoms with Crippen molar-refractivity contribution in [1.82, 2.24) is 4.90 Å². The number of likely N-dealkylation sites (N-methyl/N-ethyl adjacent to an activating group) is 1. The quantitative estimate of drug-likeness (QED) is 0.941. The van der Waals surface area contributed by atoms with Gasteiger partial charge in [0.2, 0.25) is 5.91 Å². The first-order chi connectivity index (χ1) is 9.56. The largest absolute Gasteiger partial charge is 0.332 e. The molecule has 0 saturated heterocycles. The smallest absolute Gasteiger partial charge is 0.264 e. The standard InChI is InChI=1S/C14H13FN2O2S/c1-17(14(19)12-3-2-8-20-12)9-13(18)16-11-6-4-10(15)5-7-11/h2-8H,9H2,1H3,(H,16,18). The highest BCUT2D eigenvalue weighted by Gasteiger charge is 2.15. The number of hydrogen-bond donors (Lipinski definition) is 1. The van der Waals surface area contributed by atoms with Gasteiger partial charge in [-0.15, -0.1) is 11.3 Å². The number of benzene rings is 1. The fourth-order valence-corrected chi connectivity index (χ4v) is 2.33. The number of hydrogen-bond acceptors (Lipinski definition) is 3. The van der Waals surface area contributed by atoms with E-state index in [4.69, 9.17) is 0 Å². The SMILES string of the molecule is CN(CC(=O)Nc1ccc(F)cc1)C(=O)c1cccs1. The van der Waals surface area contributed by atoms with Crippen molar-refractivity contribution in [2.45, 2.75) is 0 Å². The van der Waals surface area contributed by atoms with Gasteiger partial charge in [-0.1, -0.05) is 6.07 Å². The number of thiophene rings is 1. The lowest BCUT2D eigenvalue weighted by molar-refractivity contribution is -0.116. The predicted octanol–water partition coefficient (Wildman–Crippen LogP) is 2.60. The van der Waals surface area contributed by atoms with Crippen molar-refractivity contribution in [2.24, 2.45) is 0 Å². The van der Waals surface area contributed by atoms with Gasteiger partial charge >= 0.3 is 0 Å². The molecule has 0 aliphatic heterocycles. The van der Waals surface area contributed by atoms with Gasteiger partial charge in [0.1, 0.15) is 5.82 Å². The minimum atomic E-state index is -0.368. The summed E-state index contributed by atoms with van der Waals surface area (Å²) in [5, 5.41) is 4.41. The van der Waals surface area contributed by atoms with E-state index in [0.717, 1.165) is 0 Å². The number of amides is 2. The van der Waals surface area contributed by atoms with Gasteiger partial charge in [0.05, 0.1) is 11.4 Å². The fourth-order valence-electron chi connectivity index (χ4n) is 1.61. The van der Waals surface area contributed by atoms with Crippen molar-refractivity contribution in [1.29, 1.82) is 0 Å². The number of anilines is 1. The topological polar surface area (TPSA) is 49.4 Å². The van der Waals surface area contributed by atoms with Crippen molar-refractivity contribution in [3.63, 3.8) is 0 Å². The van der Waals surface area contributed by atoms with Crippen LogP contribution < -0.4 is 5.32 Å². The van der Waals surface area contributed by atoms with Crippen LogP contribution in [0.4, 0.5) is 10.1 Å². The molecule has 20 heavy (non-hydrogen) atoms. The molecule has 0 unspecified atom stereocenters. The van der Waals surface area contributed by atoms with Crippen LogP contribution in [-0.2, 0) is 4.79 Å². The van der Waals surface area contributed by atoms with E-state index in [9.17, 15) is 14.0 Å². The van der Waals surface area contributed by atoms with Crippen LogP contribution in [0.1, 0.15) is 9.67 Å². The fraction of sp³-hybridized carbons (Fsp3) is 0.143. The first kappa shape index (κ1) is 14.2. The molecule has 0 atom stereocenters. The lowest BCUT2D eigenvalue weighted by Gasteiger charge is -2.15. The molecule has 104 valence electrons. The summed E-state index contributed by atoms with van der Waals surface area (Å²) < 4.78 is 12.7. The van der Waals surface area contributed by atoms with Gasteiger partial charge in [0.15, 0.2) is 0 Å². The Labute approximate surface area is 119 Å². The molecule has 0 spiro atoms. The second-order valence-corrected chi connectivity index (χ2v) is 5.14. The number of carbonyl (C=O) groups is 2. The molecule has 0 saturated carbocycles. The molecule has 2 rings (SSSR count). The zero-order valence-electron chi connectivity index (χ0n) is 10.8. The van der Waals surface area contributed by atoms with E-state index >= 15 is 0 Å². The van der Waals surface area contributed by atoms with Crippen LogP contribution in [0.3, 0.4) is 0 Å². The number of nitrogens with zero attached hydrogens (tertiary/aromatic N) is 1. The Hall–Kier alpha value is -2.21. The average Bonchev–Trinajstić information content (AvgIpc) is 2.94. The highest BCUT2D eigenvalue weighted by Crippen LogP contribution is 2.11. The summed E-state index contributed by atoms with van der Waals surface area (Å²) in [5.74, 6) is -0.897. The Kier molecular flexibility index (Phi) is 4.47. The Morgan fingerprint density at radius 2 is 1.95 bits per heavy atom. The molecule has 4 nitrogen and oxygen atoms in total. The first-order valence-electron chi connectivity index (χ1n) is 5.90. The van der Waals surface area contributed by atoms with Crippen LogP contribution in [-0.4, -0.2) is 30.3 Å². The summed E-state index contributed by atoms with van der Waals surface area (Å²) in [6.45, 7) is -0.0614. The molecule has 0 aliphatic carbocycles. The molecule has 0 radical (unpaired) electrons. The average molecular weight is 292 g/mol. The summed E-state index contributed by atoms with van der Waals surface area (Å²) in [4.78, 5) is 25.7. The van der Waals surface area contributed by atoms with Gasteiger partial charge < -0.3 is 10.2 Å². The van der Waals surface area contributed by atoms with Gasteiger partial charge in [0.25, 0.3) is 5.91 Å². The lowest BCUT2D eigenvalue weighted by atomic mass is 10.3. The Bertz CT molecular complexity index is 596. The number of rotatable bonds is 4. The molecule has 1 aromatic heterocycles. The third kappa shape index (κ3) is 3.64. The molecule has 1 N–H and O–H groups in total. The maximum Gasteiger partial charge on any atom is 0.264 e. The summed E-state index contributed by atoms with van der Waals surface area (Å²) in [5.41, 5.74) is 0.494. The molecule has 0 aliphatic rings. The van der Waals surface area contributed by atoms with E-state index in [0.29, 0.717) is 10.6 Å². The zero-order valence-corrected chi connectivity index (χ0v) is 11.6. The normalized spacial score (nSPS) is 10.1. The van der Waals surface area contributed by atoms with Crippen LogP contribution in [0.25, 0.3) is 0 Å². The zero-order chi connectivity index (χ0) is 14.5. The summed E-state index contributed by atoms with van der Waals surface area (Å²) in [7, 11) is 1.56. The summed E-state index contributed by atoms with van der Waals surface area (Å²) in [6.07, 6.45) is 0. The number of nitrogens with one attached hydrogen (secondary N) is 1. The van der Waals surface area contributed by atoms with Crippen molar-refractivity contribution >= 4 is 28.8 Å². The van der Waals surface area contributed by atoms with E-state index < -0.39 is 0 Å².